The average molecular weight is 410 g/mol. The number of nitrogens with zero attached hydrogens (tertiary/aromatic N) is 3. The summed E-state index contributed by atoms with van der Waals surface area (Å²) < 4.78 is 10.8. The van der Waals surface area contributed by atoms with Crippen molar-refractivity contribution in [1.29, 1.82) is 0 Å². The highest BCUT2D eigenvalue weighted by atomic mass is 16.5. The standard InChI is InChI=1S/C25H22N4O2/c1-15-24(16(2)30-28-15)22-12-7-8-17(27-22)14-21(26)18-9-3-4-10-19(18)25-20-11-5-6-13-23(20)31-29-25/h3-13,21H,14,26H2,1-2H3/t21-/m0/s1. The van der Waals surface area contributed by atoms with Crippen LogP contribution in [0.25, 0.3) is 33.5 Å². The van der Waals surface area contributed by atoms with Crippen LogP contribution in [0.1, 0.15) is 28.8 Å². The maximum absolute atomic E-state index is 6.68. The minimum Gasteiger partial charge on any atom is -0.361 e. The van der Waals surface area contributed by atoms with Crippen LogP contribution in [0.15, 0.2) is 75.8 Å². The van der Waals surface area contributed by atoms with Crippen LogP contribution in [0, 0.1) is 13.8 Å². The Morgan fingerprint density at radius 2 is 1.68 bits per heavy atom. The lowest BCUT2D eigenvalue weighted by atomic mass is 9.94. The smallest absolute Gasteiger partial charge is 0.167 e. The summed E-state index contributed by atoms with van der Waals surface area (Å²) in [4.78, 5) is 4.83. The molecule has 0 bridgehead atoms. The SMILES string of the molecule is Cc1noc(C)c1-c1cccc(C[C@H](N)c2ccccc2-c2noc3ccccc23)n1. The molecule has 0 radical (unpaired) electrons. The largest absolute Gasteiger partial charge is 0.361 e. The summed E-state index contributed by atoms with van der Waals surface area (Å²) in [5, 5.41) is 9.33. The highest BCUT2D eigenvalue weighted by Gasteiger charge is 2.19. The van der Waals surface area contributed by atoms with Crippen LogP contribution in [-0.4, -0.2) is 15.3 Å². The van der Waals surface area contributed by atoms with Crippen LogP contribution in [-0.2, 0) is 6.42 Å². The third-order valence-corrected chi connectivity index (χ3v) is 5.52. The number of hydrogen-bond donors (Lipinski definition) is 1. The Balaban J connectivity index is 1.49. The van der Waals surface area contributed by atoms with E-state index in [-0.39, 0.29) is 6.04 Å². The molecule has 31 heavy (non-hydrogen) atoms. The predicted molar refractivity (Wildman–Crippen MR) is 119 cm³/mol. The lowest BCUT2D eigenvalue weighted by molar-refractivity contribution is 0.393. The molecule has 0 unspecified atom stereocenters. The van der Waals surface area contributed by atoms with Crippen molar-refractivity contribution in [2.45, 2.75) is 26.3 Å². The number of nitrogens with two attached hydrogens (primary N) is 1. The lowest BCUT2D eigenvalue weighted by Gasteiger charge is -2.16. The molecule has 2 N–H and O–H groups in total. The van der Waals surface area contributed by atoms with E-state index in [2.05, 4.69) is 10.3 Å². The number of pyridine rings is 1. The first-order chi connectivity index (χ1) is 15.1. The van der Waals surface area contributed by atoms with Crippen molar-refractivity contribution in [2.75, 3.05) is 0 Å². The van der Waals surface area contributed by atoms with Crippen molar-refractivity contribution in [3.8, 4) is 22.5 Å². The van der Waals surface area contributed by atoms with Gasteiger partial charge < -0.3 is 14.8 Å². The number of para-hydroxylation sites is 1. The zero-order valence-corrected chi connectivity index (χ0v) is 17.4. The quantitative estimate of drug-likeness (QED) is 0.417. The van der Waals surface area contributed by atoms with Crippen molar-refractivity contribution in [2.24, 2.45) is 5.73 Å². The van der Waals surface area contributed by atoms with Gasteiger partial charge in [-0.15, -0.1) is 0 Å². The molecule has 2 aromatic carbocycles. The lowest BCUT2D eigenvalue weighted by Crippen LogP contribution is -2.15. The van der Waals surface area contributed by atoms with Gasteiger partial charge in [0.15, 0.2) is 5.58 Å². The second-order valence-electron chi connectivity index (χ2n) is 7.64. The second kappa shape index (κ2) is 7.81. The maximum Gasteiger partial charge on any atom is 0.167 e. The van der Waals surface area contributed by atoms with E-state index in [0.717, 1.165) is 56.2 Å². The molecule has 154 valence electrons. The molecule has 0 saturated heterocycles. The van der Waals surface area contributed by atoms with Gasteiger partial charge in [-0.25, -0.2) is 0 Å². The molecule has 5 aromatic rings. The van der Waals surface area contributed by atoms with E-state index >= 15 is 0 Å². The zero-order chi connectivity index (χ0) is 21.4. The molecule has 6 nitrogen and oxygen atoms in total. The summed E-state index contributed by atoms with van der Waals surface area (Å²) >= 11 is 0. The van der Waals surface area contributed by atoms with Gasteiger partial charge in [0, 0.05) is 29.1 Å². The number of fused-ring (bicyclic) bond motifs is 1. The average Bonchev–Trinajstić information content (AvgIpc) is 3.36. The highest BCUT2D eigenvalue weighted by molar-refractivity contribution is 5.92. The Kier molecular flexibility index (Phi) is 4.84. The Hall–Kier alpha value is -3.77. The van der Waals surface area contributed by atoms with Crippen LogP contribution < -0.4 is 5.73 Å². The summed E-state index contributed by atoms with van der Waals surface area (Å²) in [5.74, 6) is 0.759. The van der Waals surface area contributed by atoms with Crippen LogP contribution in [0.5, 0.6) is 0 Å². The number of rotatable bonds is 5. The molecule has 0 aliphatic rings. The molecule has 0 spiro atoms. The topological polar surface area (TPSA) is 91.0 Å². The zero-order valence-electron chi connectivity index (χ0n) is 17.4. The minimum atomic E-state index is -0.251. The van der Waals surface area contributed by atoms with Gasteiger partial charge in [0.05, 0.1) is 17.0 Å². The van der Waals surface area contributed by atoms with Crippen molar-refractivity contribution in [3.05, 3.63) is 89.4 Å². The molecule has 3 aromatic heterocycles. The highest BCUT2D eigenvalue weighted by Crippen LogP contribution is 2.33. The third-order valence-electron chi connectivity index (χ3n) is 5.52. The normalized spacial score (nSPS) is 12.4. The van der Waals surface area contributed by atoms with Gasteiger partial charge in [-0.3, -0.25) is 4.98 Å². The molecule has 0 saturated carbocycles. The van der Waals surface area contributed by atoms with Crippen molar-refractivity contribution in [1.82, 2.24) is 15.3 Å². The fourth-order valence-corrected chi connectivity index (χ4v) is 4.03. The molecule has 0 aliphatic heterocycles. The maximum atomic E-state index is 6.68. The molecule has 3 heterocycles. The summed E-state index contributed by atoms with van der Waals surface area (Å²) in [6.45, 7) is 3.82. The minimum absolute atomic E-state index is 0.251. The number of aryl methyl sites for hydroxylation is 2. The summed E-state index contributed by atoms with van der Waals surface area (Å²) in [6, 6.07) is 21.6. The molecule has 0 amide bonds. The van der Waals surface area contributed by atoms with E-state index in [1.165, 1.54) is 0 Å². The molecule has 0 fully saturated rings. The summed E-state index contributed by atoms with van der Waals surface area (Å²) in [5.41, 5.74) is 13.7. The van der Waals surface area contributed by atoms with Crippen LogP contribution in [0.3, 0.4) is 0 Å². The first-order valence-corrected chi connectivity index (χ1v) is 10.2. The van der Waals surface area contributed by atoms with E-state index in [1.807, 2.05) is 80.6 Å². The first-order valence-electron chi connectivity index (χ1n) is 10.2. The van der Waals surface area contributed by atoms with Crippen LogP contribution >= 0.6 is 0 Å². The van der Waals surface area contributed by atoms with E-state index in [9.17, 15) is 0 Å². The van der Waals surface area contributed by atoms with Gasteiger partial charge in [0.25, 0.3) is 0 Å². The van der Waals surface area contributed by atoms with E-state index in [1.54, 1.807) is 0 Å². The molecular formula is C25H22N4O2. The van der Waals surface area contributed by atoms with Gasteiger partial charge in [0.2, 0.25) is 0 Å². The number of hydrogen-bond acceptors (Lipinski definition) is 6. The van der Waals surface area contributed by atoms with E-state index in [4.69, 9.17) is 19.8 Å². The van der Waals surface area contributed by atoms with Gasteiger partial charge in [-0.2, -0.15) is 0 Å². The Bertz CT molecular complexity index is 1350. The molecule has 1 atom stereocenters. The van der Waals surface area contributed by atoms with Crippen LogP contribution in [0.2, 0.25) is 0 Å². The molecule has 6 heteroatoms. The molecule has 5 rings (SSSR count). The van der Waals surface area contributed by atoms with E-state index < -0.39 is 0 Å². The second-order valence-corrected chi connectivity index (χ2v) is 7.64. The monoisotopic (exact) mass is 410 g/mol. The predicted octanol–water partition coefficient (Wildman–Crippen LogP) is 5.40. The Morgan fingerprint density at radius 1 is 0.871 bits per heavy atom. The summed E-state index contributed by atoms with van der Waals surface area (Å²) in [6.07, 6.45) is 0.587. The summed E-state index contributed by atoms with van der Waals surface area (Å²) in [7, 11) is 0. The fourth-order valence-electron chi connectivity index (χ4n) is 4.03. The van der Waals surface area contributed by atoms with Gasteiger partial charge in [-0.05, 0) is 43.7 Å². The fraction of sp³-hybridized carbons (Fsp3) is 0.160. The Morgan fingerprint density at radius 3 is 2.52 bits per heavy atom. The van der Waals surface area contributed by atoms with Gasteiger partial charge >= 0.3 is 0 Å². The Labute approximate surface area is 179 Å². The van der Waals surface area contributed by atoms with Gasteiger partial charge in [-0.1, -0.05) is 52.8 Å². The first kappa shape index (κ1) is 19.2. The van der Waals surface area contributed by atoms with Crippen molar-refractivity contribution >= 4 is 11.0 Å². The number of aromatic nitrogens is 3. The van der Waals surface area contributed by atoms with Crippen LogP contribution in [0.4, 0.5) is 0 Å². The third kappa shape index (κ3) is 3.51. The molecular weight excluding hydrogens is 388 g/mol. The number of benzene rings is 2. The van der Waals surface area contributed by atoms with Crippen molar-refractivity contribution in [3.63, 3.8) is 0 Å². The van der Waals surface area contributed by atoms with Gasteiger partial charge in [0.1, 0.15) is 11.5 Å². The van der Waals surface area contributed by atoms with Crippen molar-refractivity contribution < 1.29 is 9.05 Å². The molecule has 0 aliphatic carbocycles. The van der Waals surface area contributed by atoms with E-state index in [0.29, 0.717) is 6.42 Å².